The van der Waals surface area contributed by atoms with Gasteiger partial charge in [0.1, 0.15) is 5.60 Å². The molecule has 0 aliphatic heterocycles. The molecule has 0 aromatic rings. The normalized spacial score (nSPS) is 35.0. The van der Waals surface area contributed by atoms with Gasteiger partial charge in [-0.15, -0.1) is 0 Å². The molecule has 7 unspecified atom stereocenters. The smallest absolute Gasteiger partial charge is 0.407 e. The summed E-state index contributed by atoms with van der Waals surface area (Å²) in [5.74, 6) is 3.13. The Kier molecular flexibility index (Phi) is 16.9. The maximum absolute atomic E-state index is 14.0. The minimum Gasteiger partial charge on any atom is -0.444 e. The molecule has 7 nitrogen and oxygen atoms in total. The van der Waals surface area contributed by atoms with Crippen LogP contribution in [-0.4, -0.2) is 57.1 Å². The molecule has 2 N–H and O–H groups in total. The highest BCUT2D eigenvalue weighted by molar-refractivity contribution is 5.83. The lowest BCUT2D eigenvalue weighted by atomic mass is 9.34. The Labute approximate surface area is 302 Å². The highest BCUT2D eigenvalue weighted by Gasteiger charge is 2.68. The fraction of sp³-hybridized carbons (Fsp3) is 0.952. The van der Waals surface area contributed by atoms with Gasteiger partial charge in [-0.05, 0) is 118 Å². The SMILES string of the molecule is C.CCC.CCCCC1(C)C(CC)CCC2(C)C1CCC1C3CCCC3(C(=O)NCCOCCOCCNC(=O)OC(C)(C)C)CC[C@]12C. The molecule has 4 rings (SSSR count). The molecule has 0 bridgehead atoms. The van der Waals surface area contributed by atoms with Crippen molar-refractivity contribution < 1.29 is 23.8 Å². The lowest BCUT2D eigenvalue weighted by Gasteiger charge is -2.70. The molecule has 0 aromatic heterocycles. The summed E-state index contributed by atoms with van der Waals surface area (Å²) in [5.41, 5.74) is 0.453. The van der Waals surface area contributed by atoms with E-state index in [2.05, 4.69) is 59.1 Å². The van der Waals surface area contributed by atoms with E-state index in [0.29, 0.717) is 67.6 Å². The molecule has 4 aliphatic rings. The highest BCUT2D eigenvalue weighted by Crippen LogP contribution is 2.75. The second-order valence-corrected chi connectivity index (χ2v) is 17.6. The van der Waals surface area contributed by atoms with E-state index in [-0.39, 0.29) is 18.7 Å². The van der Waals surface area contributed by atoms with Crippen LogP contribution in [0.2, 0.25) is 0 Å². The first-order valence-electron chi connectivity index (χ1n) is 20.1. The monoisotopic (exact) mass is 693 g/mol. The van der Waals surface area contributed by atoms with Crippen LogP contribution in [0.4, 0.5) is 4.79 Å². The molecule has 4 fully saturated rings. The van der Waals surface area contributed by atoms with Crippen LogP contribution in [0, 0.1) is 45.3 Å². The number of amides is 2. The van der Waals surface area contributed by atoms with Gasteiger partial charge in [0.05, 0.1) is 31.8 Å². The zero-order valence-corrected chi connectivity index (χ0v) is 33.0. The Morgan fingerprint density at radius 3 is 1.98 bits per heavy atom. The number of hydrogen-bond donors (Lipinski definition) is 2. The Morgan fingerprint density at radius 1 is 0.755 bits per heavy atom. The number of carbonyl (C=O) groups is 2. The van der Waals surface area contributed by atoms with Crippen LogP contribution in [0.15, 0.2) is 0 Å². The van der Waals surface area contributed by atoms with Gasteiger partial charge >= 0.3 is 6.09 Å². The predicted molar refractivity (Wildman–Crippen MR) is 204 cm³/mol. The molecule has 4 aliphatic carbocycles. The standard InChI is InChI=1S/C38H68N2O5.C3H8.CH4/c1-9-11-17-35(6)28(10-2)16-19-37(8)31(35)15-14-29-30-13-12-18-38(30,21-20-36(29,37)7)32(41)39-22-24-43-26-27-44-25-23-40-33(42)45-34(3,4)5;1-3-2;/h28-31H,9-27H2,1-8H3,(H,39,41)(H,40,42);3H2,1-2H3;1H4/t28?,29?,30?,31?,35?,36-,37?,38?;;/m1../s1. The van der Waals surface area contributed by atoms with E-state index in [0.717, 1.165) is 24.7 Å². The van der Waals surface area contributed by atoms with Crippen LogP contribution in [0.1, 0.15) is 167 Å². The second kappa shape index (κ2) is 18.9. The van der Waals surface area contributed by atoms with Crippen molar-refractivity contribution in [3.05, 3.63) is 0 Å². The van der Waals surface area contributed by atoms with Gasteiger partial charge in [-0.2, -0.15) is 0 Å². The number of hydrogen-bond acceptors (Lipinski definition) is 5. The molecular formula is C42H80N2O5. The quantitative estimate of drug-likeness (QED) is 0.177. The number of alkyl carbamates (subject to hydrolysis) is 1. The van der Waals surface area contributed by atoms with Gasteiger partial charge < -0.3 is 24.8 Å². The molecule has 288 valence electrons. The third kappa shape index (κ3) is 9.76. The predicted octanol–water partition coefficient (Wildman–Crippen LogP) is 10.3. The molecule has 0 radical (unpaired) electrons. The topological polar surface area (TPSA) is 85.9 Å². The highest BCUT2D eigenvalue weighted by atomic mass is 16.6. The first-order chi connectivity index (χ1) is 22.7. The van der Waals surface area contributed by atoms with E-state index in [1.807, 2.05) is 20.8 Å². The van der Waals surface area contributed by atoms with Gasteiger partial charge in [0.2, 0.25) is 5.91 Å². The molecule has 0 heterocycles. The minimum atomic E-state index is -0.508. The summed E-state index contributed by atoms with van der Waals surface area (Å²) in [4.78, 5) is 25.6. The number of rotatable bonds is 14. The second-order valence-electron chi connectivity index (χ2n) is 17.6. The fourth-order valence-electron chi connectivity index (χ4n) is 11.3. The number of ether oxygens (including phenoxy) is 3. The maximum Gasteiger partial charge on any atom is 0.407 e. The van der Waals surface area contributed by atoms with Gasteiger partial charge in [-0.25, -0.2) is 4.79 Å². The number of fused-ring (bicyclic) bond motifs is 5. The number of carbonyl (C=O) groups excluding carboxylic acids is 2. The Morgan fingerprint density at radius 2 is 1.39 bits per heavy atom. The Balaban J connectivity index is 0.00000201. The van der Waals surface area contributed by atoms with Crippen LogP contribution < -0.4 is 10.6 Å². The molecule has 2 amide bonds. The molecule has 0 saturated heterocycles. The summed E-state index contributed by atoms with van der Waals surface area (Å²) in [7, 11) is 0. The van der Waals surface area contributed by atoms with E-state index < -0.39 is 11.7 Å². The Bertz CT molecular complexity index is 1010. The van der Waals surface area contributed by atoms with Crippen molar-refractivity contribution in [1.82, 2.24) is 10.6 Å². The van der Waals surface area contributed by atoms with E-state index in [1.54, 1.807) is 0 Å². The van der Waals surface area contributed by atoms with Crippen molar-refractivity contribution in [2.45, 2.75) is 172 Å². The van der Waals surface area contributed by atoms with Crippen LogP contribution in [0.25, 0.3) is 0 Å². The lowest BCUT2D eigenvalue weighted by molar-refractivity contribution is -0.216. The maximum atomic E-state index is 14.0. The molecular weight excluding hydrogens is 612 g/mol. The molecule has 0 aromatic carbocycles. The van der Waals surface area contributed by atoms with Crippen molar-refractivity contribution >= 4 is 12.0 Å². The summed E-state index contributed by atoms with van der Waals surface area (Å²) in [5, 5.41) is 6.00. The van der Waals surface area contributed by atoms with E-state index in [1.165, 1.54) is 77.0 Å². The van der Waals surface area contributed by atoms with Crippen LogP contribution >= 0.6 is 0 Å². The zero-order chi connectivity index (χ0) is 35.6. The van der Waals surface area contributed by atoms with Gasteiger partial charge in [-0.3, -0.25) is 4.79 Å². The molecule has 7 heteroatoms. The summed E-state index contributed by atoms with van der Waals surface area (Å²) in [6.07, 6.45) is 17.3. The van der Waals surface area contributed by atoms with Crippen LogP contribution in [0.3, 0.4) is 0 Å². The van der Waals surface area contributed by atoms with E-state index in [9.17, 15) is 9.59 Å². The van der Waals surface area contributed by atoms with Crippen molar-refractivity contribution in [3.8, 4) is 0 Å². The largest absolute Gasteiger partial charge is 0.444 e. The first-order valence-corrected chi connectivity index (χ1v) is 20.1. The van der Waals surface area contributed by atoms with Crippen molar-refractivity contribution in [2.75, 3.05) is 39.5 Å². The molecule has 8 atom stereocenters. The van der Waals surface area contributed by atoms with Gasteiger partial charge in [0, 0.05) is 13.1 Å². The number of nitrogens with one attached hydrogen (secondary N) is 2. The van der Waals surface area contributed by atoms with Crippen molar-refractivity contribution in [2.24, 2.45) is 45.3 Å². The van der Waals surface area contributed by atoms with Gasteiger partial charge in [-0.1, -0.05) is 88.0 Å². The Hall–Kier alpha value is -1.34. The van der Waals surface area contributed by atoms with Gasteiger partial charge in [0.25, 0.3) is 0 Å². The summed E-state index contributed by atoms with van der Waals surface area (Å²) in [6.45, 7) is 25.3. The summed E-state index contributed by atoms with van der Waals surface area (Å²) >= 11 is 0. The van der Waals surface area contributed by atoms with E-state index in [4.69, 9.17) is 14.2 Å². The summed E-state index contributed by atoms with van der Waals surface area (Å²) in [6, 6.07) is 0. The fourth-order valence-corrected chi connectivity index (χ4v) is 11.3. The van der Waals surface area contributed by atoms with Crippen LogP contribution in [-0.2, 0) is 19.0 Å². The van der Waals surface area contributed by atoms with E-state index >= 15 is 0 Å². The zero-order valence-electron chi connectivity index (χ0n) is 33.0. The van der Waals surface area contributed by atoms with Crippen molar-refractivity contribution in [3.63, 3.8) is 0 Å². The lowest BCUT2D eigenvalue weighted by Crippen LogP contribution is -2.64. The third-order valence-corrected chi connectivity index (χ3v) is 13.7. The molecule has 0 spiro atoms. The molecule has 4 saturated carbocycles. The number of unbranched alkanes of at least 4 members (excludes halogenated alkanes) is 1. The van der Waals surface area contributed by atoms with Crippen molar-refractivity contribution in [1.29, 1.82) is 0 Å². The third-order valence-electron chi connectivity index (χ3n) is 13.7. The van der Waals surface area contributed by atoms with Crippen LogP contribution in [0.5, 0.6) is 0 Å². The summed E-state index contributed by atoms with van der Waals surface area (Å²) < 4.78 is 16.5. The molecule has 49 heavy (non-hydrogen) atoms. The average molecular weight is 693 g/mol. The van der Waals surface area contributed by atoms with Gasteiger partial charge in [0.15, 0.2) is 0 Å². The average Bonchev–Trinajstić information content (AvgIpc) is 3.46. The minimum absolute atomic E-state index is 0. The first kappa shape index (κ1) is 43.8.